The summed E-state index contributed by atoms with van der Waals surface area (Å²) in [5, 5.41) is 3.21. The lowest BCUT2D eigenvalue weighted by atomic mass is 10.2. The number of hydrogen-bond acceptors (Lipinski definition) is 4. The van der Waals surface area contributed by atoms with E-state index in [9.17, 15) is 4.79 Å². The molecule has 0 radical (unpaired) electrons. The van der Waals surface area contributed by atoms with E-state index in [0.29, 0.717) is 6.61 Å². The fraction of sp³-hybridized carbons (Fsp3) is 0.909. The van der Waals surface area contributed by atoms with Crippen LogP contribution in [0.25, 0.3) is 0 Å². The molecule has 1 heterocycles. The van der Waals surface area contributed by atoms with Gasteiger partial charge in [-0.1, -0.05) is 13.3 Å². The maximum atomic E-state index is 11.6. The van der Waals surface area contributed by atoms with Crippen LogP contribution < -0.4 is 5.32 Å². The standard InChI is InChI=1S/C11H21NO3/c1-3-5-10(11(13)14-4-2)15-9-6-7-12-8-9/h9-10,12H,3-8H2,1-2H3. The molecule has 1 fully saturated rings. The SMILES string of the molecule is CCCC(OC1CCNC1)C(=O)OCC. The van der Waals surface area contributed by atoms with Crippen LogP contribution in [-0.4, -0.2) is 37.9 Å². The first-order valence-corrected chi connectivity index (χ1v) is 5.80. The smallest absolute Gasteiger partial charge is 0.335 e. The van der Waals surface area contributed by atoms with Crippen LogP contribution in [0.4, 0.5) is 0 Å². The minimum Gasteiger partial charge on any atom is -0.464 e. The molecule has 0 aliphatic carbocycles. The second-order valence-electron chi connectivity index (χ2n) is 3.78. The number of carbonyl (C=O) groups is 1. The Hall–Kier alpha value is -0.610. The minimum atomic E-state index is -0.375. The Labute approximate surface area is 91.3 Å². The number of nitrogens with one attached hydrogen (secondary N) is 1. The van der Waals surface area contributed by atoms with Gasteiger partial charge >= 0.3 is 5.97 Å². The Morgan fingerprint density at radius 3 is 2.87 bits per heavy atom. The van der Waals surface area contributed by atoms with Crippen molar-refractivity contribution in [2.45, 2.75) is 45.3 Å². The zero-order valence-corrected chi connectivity index (χ0v) is 9.62. The molecule has 0 bridgehead atoms. The molecule has 1 aliphatic rings. The summed E-state index contributed by atoms with van der Waals surface area (Å²) in [6.07, 6.45) is 2.46. The van der Waals surface area contributed by atoms with Crippen molar-refractivity contribution in [2.24, 2.45) is 0 Å². The Balaban J connectivity index is 2.37. The van der Waals surface area contributed by atoms with E-state index >= 15 is 0 Å². The van der Waals surface area contributed by atoms with Gasteiger partial charge in [-0.25, -0.2) is 4.79 Å². The third kappa shape index (κ3) is 4.18. The van der Waals surface area contributed by atoms with E-state index in [2.05, 4.69) is 5.32 Å². The van der Waals surface area contributed by atoms with Crippen LogP contribution in [0.1, 0.15) is 33.1 Å². The molecule has 1 rings (SSSR count). The molecule has 2 atom stereocenters. The second kappa shape index (κ2) is 6.80. The highest BCUT2D eigenvalue weighted by atomic mass is 16.6. The molecule has 4 nitrogen and oxygen atoms in total. The molecule has 4 heteroatoms. The average Bonchev–Trinajstić information content (AvgIpc) is 2.70. The number of hydrogen-bond donors (Lipinski definition) is 1. The van der Waals surface area contributed by atoms with Gasteiger partial charge in [0.15, 0.2) is 6.10 Å². The highest BCUT2D eigenvalue weighted by Gasteiger charge is 2.25. The van der Waals surface area contributed by atoms with Gasteiger partial charge in [-0.2, -0.15) is 0 Å². The van der Waals surface area contributed by atoms with Crippen molar-refractivity contribution in [1.82, 2.24) is 5.32 Å². The Bertz CT molecular complexity index is 190. The van der Waals surface area contributed by atoms with E-state index in [1.165, 1.54) is 0 Å². The number of carbonyl (C=O) groups excluding carboxylic acids is 1. The highest BCUT2D eigenvalue weighted by molar-refractivity contribution is 5.74. The molecular weight excluding hydrogens is 194 g/mol. The largest absolute Gasteiger partial charge is 0.464 e. The van der Waals surface area contributed by atoms with Crippen molar-refractivity contribution < 1.29 is 14.3 Å². The number of rotatable bonds is 6. The highest BCUT2D eigenvalue weighted by Crippen LogP contribution is 2.12. The van der Waals surface area contributed by atoms with Gasteiger partial charge in [-0.05, 0) is 26.3 Å². The molecule has 1 N–H and O–H groups in total. The van der Waals surface area contributed by atoms with E-state index in [4.69, 9.17) is 9.47 Å². The van der Waals surface area contributed by atoms with Gasteiger partial charge in [0.05, 0.1) is 12.7 Å². The van der Waals surface area contributed by atoms with Gasteiger partial charge in [0, 0.05) is 6.54 Å². The van der Waals surface area contributed by atoms with Crippen LogP contribution in [0.15, 0.2) is 0 Å². The van der Waals surface area contributed by atoms with Gasteiger partial charge < -0.3 is 14.8 Å². The summed E-state index contributed by atoms with van der Waals surface area (Å²) in [6.45, 7) is 6.11. The van der Waals surface area contributed by atoms with Crippen molar-refractivity contribution in [2.75, 3.05) is 19.7 Å². The molecule has 1 saturated heterocycles. The predicted octanol–water partition coefficient (Wildman–Crippen LogP) is 1.10. The lowest BCUT2D eigenvalue weighted by Crippen LogP contribution is -2.32. The Kier molecular flexibility index (Phi) is 5.65. The quantitative estimate of drug-likeness (QED) is 0.674. The van der Waals surface area contributed by atoms with Crippen molar-refractivity contribution in [3.8, 4) is 0 Å². The number of esters is 1. The second-order valence-corrected chi connectivity index (χ2v) is 3.78. The van der Waals surface area contributed by atoms with Gasteiger partial charge in [-0.3, -0.25) is 0 Å². The van der Waals surface area contributed by atoms with Crippen LogP contribution in [0.2, 0.25) is 0 Å². The average molecular weight is 215 g/mol. The van der Waals surface area contributed by atoms with E-state index in [-0.39, 0.29) is 18.2 Å². The molecular formula is C11H21NO3. The third-order valence-electron chi connectivity index (χ3n) is 2.47. The fourth-order valence-electron chi connectivity index (χ4n) is 1.72. The van der Waals surface area contributed by atoms with Crippen LogP contribution in [-0.2, 0) is 14.3 Å². The van der Waals surface area contributed by atoms with Crippen molar-refractivity contribution in [1.29, 1.82) is 0 Å². The molecule has 0 amide bonds. The normalized spacial score (nSPS) is 22.7. The molecule has 0 spiro atoms. The maximum Gasteiger partial charge on any atom is 0.335 e. The topological polar surface area (TPSA) is 47.6 Å². The zero-order chi connectivity index (χ0) is 11.1. The predicted molar refractivity (Wildman–Crippen MR) is 57.7 cm³/mol. The van der Waals surface area contributed by atoms with Crippen molar-refractivity contribution in [3.63, 3.8) is 0 Å². The first-order chi connectivity index (χ1) is 7.27. The first kappa shape index (κ1) is 12.5. The summed E-state index contributed by atoms with van der Waals surface area (Å²) in [5.74, 6) is -0.216. The lowest BCUT2D eigenvalue weighted by molar-refractivity contribution is -0.160. The van der Waals surface area contributed by atoms with Gasteiger partial charge in [0.2, 0.25) is 0 Å². The summed E-state index contributed by atoms with van der Waals surface area (Å²) in [5.41, 5.74) is 0. The molecule has 1 aliphatic heterocycles. The van der Waals surface area contributed by atoms with Crippen LogP contribution in [0.5, 0.6) is 0 Å². The Morgan fingerprint density at radius 2 is 2.33 bits per heavy atom. The van der Waals surface area contributed by atoms with Crippen molar-refractivity contribution >= 4 is 5.97 Å². The van der Waals surface area contributed by atoms with E-state index in [1.54, 1.807) is 0 Å². The molecule has 0 aromatic carbocycles. The van der Waals surface area contributed by atoms with E-state index < -0.39 is 0 Å². The summed E-state index contributed by atoms with van der Waals surface area (Å²) >= 11 is 0. The van der Waals surface area contributed by atoms with Crippen LogP contribution >= 0.6 is 0 Å². The third-order valence-corrected chi connectivity index (χ3v) is 2.47. The van der Waals surface area contributed by atoms with Gasteiger partial charge in [0.25, 0.3) is 0 Å². The molecule has 0 aromatic rings. The molecule has 0 aromatic heterocycles. The summed E-state index contributed by atoms with van der Waals surface area (Å²) in [4.78, 5) is 11.6. The summed E-state index contributed by atoms with van der Waals surface area (Å²) in [7, 11) is 0. The van der Waals surface area contributed by atoms with Crippen LogP contribution in [0.3, 0.4) is 0 Å². The maximum absolute atomic E-state index is 11.6. The van der Waals surface area contributed by atoms with Crippen LogP contribution in [0, 0.1) is 0 Å². The zero-order valence-electron chi connectivity index (χ0n) is 9.62. The first-order valence-electron chi connectivity index (χ1n) is 5.80. The molecule has 0 saturated carbocycles. The Morgan fingerprint density at radius 1 is 1.53 bits per heavy atom. The monoisotopic (exact) mass is 215 g/mol. The summed E-state index contributed by atoms with van der Waals surface area (Å²) in [6, 6.07) is 0. The lowest BCUT2D eigenvalue weighted by Gasteiger charge is -2.19. The molecule has 15 heavy (non-hydrogen) atoms. The fourth-order valence-corrected chi connectivity index (χ4v) is 1.72. The number of ether oxygens (including phenoxy) is 2. The summed E-state index contributed by atoms with van der Waals surface area (Å²) < 4.78 is 10.7. The van der Waals surface area contributed by atoms with Gasteiger partial charge in [-0.15, -0.1) is 0 Å². The molecule has 88 valence electrons. The van der Waals surface area contributed by atoms with E-state index in [1.807, 2.05) is 13.8 Å². The minimum absolute atomic E-state index is 0.172. The van der Waals surface area contributed by atoms with Gasteiger partial charge in [0.1, 0.15) is 0 Å². The van der Waals surface area contributed by atoms with Crippen molar-refractivity contribution in [3.05, 3.63) is 0 Å². The molecule has 2 unspecified atom stereocenters. The van der Waals surface area contributed by atoms with E-state index in [0.717, 1.165) is 32.4 Å².